The summed E-state index contributed by atoms with van der Waals surface area (Å²) >= 11 is 3.20. The van der Waals surface area contributed by atoms with E-state index in [1.165, 1.54) is 7.11 Å². The minimum Gasteiger partial charge on any atom is -0.465 e. The molecule has 2 heterocycles. The predicted molar refractivity (Wildman–Crippen MR) is 59.5 cm³/mol. The van der Waals surface area contributed by atoms with Crippen molar-refractivity contribution in [1.29, 1.82) is 0 Å². The third kappa shape index (κ3) is 1.90. The maximum absolute atomic E-state index is 11.8. The SMILES string of the molecule is COC(=O)[C@@]12O[C@@H](CBr)[C@@H](O)[C@@H]1OC(C)(C)O2. The van der Waals surface area contributed by atoms with Gasteiger partial charge in [0.15, 0.2) is 11.9 Å². The van der Waals surface area contributed by atoms with E-state index in [-0.39, 0.29) is 0 Å². The molecular formula is C10H15BrO6. The summed E-state index contributed by atoms with van der Waals surface area (Å²) in [6.45, 7) is 3.30. The largest absolute Gasteiger partial charge is 0.465 e. The van der Waals surface area contributed by atoms with Gasteiger partial charge < -0.3 is 24.1 Å². The molecule has 17 heavy (non-hydrogen) atoms. The van der Waals surface area contributed by atoms with Crippen LogP contribution in [-0.2, 0) is 23.7 Å². The number of carbonyl (C=O) groups excluding carboxylic acids is 1. The summed E-state index contributed by atoms with van der Waals surface area (Å²) < 4.78 is 21.2. The molecule has 0 aromatic heterocycles. The van der Waals surface area contributed by atoms with Crippen molar-refractivity contribution in [3.8, 4) is 0 Å². The van der Waals surface area contributed by atoms with Crippen LogP contribution < -0.4 is 0 Å². The van der Waals surface area contributed by atoms with E-state index in [9.17, 15) is 9.90 Å². The van der Waals surface area contributed by atoms with Crippen LogP contribution in [0, 0.1) is 0 Å². The predicted octanol–water partition coefficient (Wildman–Crippen LogP) is 0.162. The first-order valence-corrected chi connectivity index (χ1v) is 6.36. The fourth-order valence-corrected chi connectivity index (χ4v) is 2.69. The Labute approximate surface area is 107 Å². The topological polar surface area (TPSA) is 74.2 Å². The average Bonchev–Trinajstić information content (AvgIpc) is 2.68. The van der Waals surface area contributed by atoms with Crippen LogP contribution in [0.5, 0.6) is 0 Å². The van der Waals surface area contributed by atoms with E-state index >= 15 is 0 Å². The van der Waals surface area contributed by atoms with Crippen molar-refractivity contribution >= 4 is 21.9 Å². The van der Waals surface area contributed by atoms with Gasteiger partial charge in [0.2, 0.25) is 0 Å². The average molecular weight is 311 g/mol. The Bertz CT molecular complexity index is 333. The summed E-state index contributed by atoms with van der Waals surface area (Å²) in [7, 11) is 1.24. The summed E-state index contributed by atoms with van der Waals surface area (Å²) in [6, 6.07) is 0. The highest BCUT2D eigenvalue weighted by molar-refractivity contribution is 9.09. The van der Waals surface area contributed by atoms with Crippen molar-refractivity contribution in [1.82, 2.24) is 0 Å². The van der Waals surface area contributed by atoms with Gasteiger partial charge in [-0.1, -0.05) is 15.9 Å². The molecule has 2 fully saturated rings. The van der Waals surface area contributed by atoms with Gasteiger partial charge in [-0.05, 0) is 13.8 Å². The lowest BCUT2D eigenvalue weighted by Crippen LogP contribution is -2.48. The molecular weight excluding hydrogens is 296 g/mol. The van der Waals surface area contributed by atoms with Gasteiger partial charge in [0.1, 0.15) is 6.10 Å². The molecule has 2 saturated heterocycles. The van der Waals surface area contributed by atoms with Gasteiger partial charge >= 0.3 is 11.8 Å². The third-order valence-corrected chi connectivity index (χ3v) is 3.46. The van der Waals surface area contributed by atoms with Crippen LogP contribution >= 0.6 is 15.9 Å². The number of fused-ring (bicyclic) bond motifs is 1. The molecule has 0 aliphatic carbocycles. The summed E-state index contributed by atoms with van der Waals surface area (Å²) in [5.41, 5.74) is 0. The first-order chi connectivity index (χ1) is 7.86. The third-order valence-electron chi connectivity index (χ3n) is 2.82. The van der Waals surface area contributed by atoms with Crippen molar-refractivity contribution in [3.63, 3.8) is 0 Å². The number of hydrogen-bond donors (Lipinski definition) is 1. The number of carbonyl (C=O) groups is 1. The molecule has 0 radical (unpaired) electrons. The second-order valence-corrected chi connectivity index (χ2v) is 5.15. The molecule has 0 saturated carbocycles. The minimum atomic E-state index is -1.67. The van der Waals surface area contributed by atoms with Crippen LogP contribution in [0.2, 0.25) is 0 Å². The van der Waals surface area contributed by atoms with Crippen molar-refractivity contribution in [3.05, 3.63) is 0 Å². The normalized spacial score (nSPS) is 43.5. The number of halogens is 1. The number of rotatable bonds is 2. The molecule has 1 N–H and O–H groups in total. The Kier molecular flexibility index (Phi) is 3.24. The maximum Gasteiger partial charge on any atom is 0.369 e. The van der Waals surface area contributed by atoms with Crippen molar-refractivity contribution in [2.75, 3.05) is 12.4 Å². The molecule has 98 valence electrons. The van der Waals surface area contributed by atoms with E-state index < -0.39 is 35.9 Å². The number of esters is 1. The molecule has 7 heteroatoms. The molecule has 2 aliphatic rings. The van der Waals surface area contributed by atoms with Crippen LogP contribution in [-0.4, -0.2) is 53.4 Å². The zero-order valence-corrected chi connectivity index (χ0v) is 11.4. The molecule has 0 spiro atoms. The summed E-state index contributed by atoms with van der Waals surface area (Å²) in [6.07, 6.45) is -2.40. The Morgan fingerprint density at radius 3 is 2.65 bits per heavy atom. The zero-order valence-electron chi connectivity index (χ0n) is 9.81. The highest BCUT2D eigenvalue weighted by Crippen LogP contribution is 2.46. The van der Waals surface area contributed by atoms with Crippen molar-refractivity contribution < 1.29 is 28.8 Å². The second kappa shape index (κ2) is 4.17. The van der Waals surface area contributed by atoms with E-state index in [0.29, 0.717) is 5.33 Å². The highest BCUT2D eigenvalue weighted by atomic mass is 79.9. The van der Waals surface area contributed by atoms with Gasteiger partial charge in [-0.25, -0.2) is 4.79 Å². The van der Waals surface area contributed by atoms with E-state index in [0.717, 1.165) is 0 Å². The smallest absolute Gasteiger partial charge is 0.369 e. The lowest BCUT2D eigenvalue weighted by molar-refractivity contribution is -0.262. The first-order valence-electron chi connectivity index (χ1n) is 5.24. The van der Waals surface area contributed by atoms with Crippen LogP contribution in [0.1, 0.15) is 13.8 Å². The Morgan fingerprint density at radius 1 is 1.47 bits per heavy atom. The van der Waals surface area contributed by atoms with Gasteiger partial charge in [0.25, 0.3) is 0 Å². The van der Waals surface area contributed by atoms with Gasteiger partial charge in [0.05, 0.1) is 13.2 Å². The summed E-state index contributed by atoms with van der Waals surface area (Å²) in [5.74, 6) is -3.37. The van der Waals surface area contributed by atoms with Crippen LogP contribution in [0.25, 0.3) is 0 Å². The first kappa shape index (κ1) is 13.2. The fraction of sp³-hybridized carbons (Fsp3) is 0.900. The molecule has 0 aromatic carbocycles. The van der Waals surface area contributed by atoms with Gasteiger partial charge in [-0.15, -0.1) is 0 Å². The van der Waals surface area contributed by atoms with Crippen LogP contribution in [0.4, 0.5) is 0 Å². The van der Waals surface area contributed by atoms with Crippen LogP contribution in [0.3, 0.4) is 0 Å². The highest BCUT2D eigenvalue weighted by Gasteiger charge is 2.69. The quantitative estimate of drug-likeness (QED) is 0.578. The zero-order chi connectivity index (χ0) is 12.8. The van der Waals surface area contributed by atoms with E-state index in [1.54, 1.807) is 13.8 Å². The Morgan fingerprint density at radius 2 is 2.12 bits per heavy atom. The molecule has 2 aliphatic heterocycles. The van der Waals surface area contributed by atoms with Crippen molar-refractivity contribution in [2.24, 2.45) is 0 Å². The van der Waals surface area contributed by atoms with E-state index in [4.69, 9.17) is 14.2 Å². The minimum absolute atomic E-state index is 0.372. The number of hydrogen-bond acceptors (Lipinski definition) is 6. The molecule has 0 aromatic rings. The number of ether oxygens (including phenoxy) is 4. The lowest BCUT2D eigenvalue weighted by atomic mass is 10.1. The number of methoxy groups -OCH3 is 1. The monoisotopic (exact) mass is 310 g/mol. The summed E-state index contributed by atoms with van der Waals surface area (Å²) in [4.78, 5) is 11.8. The van der Waals surface area contributed by atoms with Gasteiger partial charge in [-0.2, -0.15) is 0 Å². The molecule has 0 bridgehead atoms. The molecule has 6 nitrogen and oxygen atoms in total. The number of aliphatic hydroxyl groups excluding tert-OH is 1. The standard InChI is InChI=1S/C10H15BrO6/c1-9(2)16-7-6(12)5(4-11)15-10(7,17-9)8(13)14-3/h5-7,12H,4H2,1-3H3/t5-,6+,7-,10+/m0/s1. The Balaban J connectivity index is 2.34. The second-order valence-electron chi connectivity index (χ2n) is 4.50. The molecule has 0 unspecified atom stereocenters. The maximum atomic E-state index is 11.8. The molecule has 2 rings (SSSR count). The fourth-order valence-electron chi connectivity index (χ4n) is 2.18. The van der Waals surface area contributed by atoms with E-state index in [1.807, 2.05) is 0 Å². The van der Waals surface area contributed by atoms with E-state index in [2.05, 4.69) is 20.7 Å². The summed E-state index contributed by atoms with van der Waals surface area (Å²) in [5, 5.41) is 10.4. The Hall–Kier alpha value is -0.210. The van der Waals surface area contributed by atoms with Crippen molar-refractivity contribution in [2.45, 2.75) is 43.7 Å². The molecule has 4 atom stereocenters. The lowest BCUT2D eigenvalue weighted by Gasteiger charge is -2.25. The van der Waals surface area contributed by atoms with Gasteiger partial charge in [-0.3, -0.25) is 0 Å². The number of alkyl halides is 1. The molecule has 0 amide bonds. The van der Waals surface area contributed by atoms with Crippen LogP contribution in [0.15, 0.2) is 0 Å². The van der Waals surface area contributed by atoms with Gasteiger partial charge in [0, 0.05) is 5.33 Å². The number of aliphatic hydroxyl groups is 1.